The van der Waals surface area contributed by atoms with Crippen LogP contribution in [0.2, 0.25) is 0 Å². The van der Waals surface area contributed by atoms with Crippen LogP contribution in [0.5, 0.6) is 5.75 Å². The molecule has 0 spiro atoms. The lowest BCUT2D eigenvalue weighted by molar-refractivity contribution is -0.0498. The van der Waals surface area contributed by atoms with E-state index in [-0.39, 0.29) is 11.7 Å². The average molecular weight is 360 g/mol. The zero-order valence-electron chi connectivity index (χ0n) is 14.4. The van der Waals surface area contributed by atoms with Crippen LogP contribution in [0, 0.1) is 6.92 Å². The Bertz CT molecular complexity index is 923. The van der Waals surface area contributed by atoms with Gasteiger partial charge < -0.3 is 10.1 Å². The van der Waals surface area contributed by atoms with Crippen molar-refractivity contribution in [2.45, 2.75) is 20.0 Å². The number of rotatable bonds is 6. The van der Waals surface area contributed by atoms with Crippen molar-refractivity contribution in [1.82, 2.24) is 20.1 Å². The van der Waals surface area contributed by atoms with Gasteiger partial charge in [-0.3, -0.25) is 9.48 Å². The fraction of sp³-hybridized carbons (Fsp3) is 0.278. The molecule has 8 heteroatoms. The third-order valence-electron chi connectivity index (χ3n) is 3.97. The Morgan fingerprint density at radius 2 is 2.04 bits per heavy atom. The summed E-state index contributed by atoms with van der Waals surface area (Å²) in [4.78, 5) is 16.6. The van der Waals surface area contributed by atoms with Crippen molar-refractivity contribution in [1.29, 1.82) is 0 Å². The summed E-state index contributed by atoms with van der Waals surface area (Å²) in [6.45, 7) is -0.556. The van der Waals surface area contributed by atoms with Crippen molar-refractivity contribution >= 4 is 16.9 Å². The summed E-state index contributed by atoms with van der Waals surface area (Å²) in [6.07, 6.45) is 2.09. The molecule has 2 heterocycles. The molecule has 1 N–H and O–H groups in total. The number of fused-ring (bicyclic) bond motifs is 1. The number of hydrogen-bond donors (Lipinski definition) is 1. The van der Waals surface area contributed by atoms with E-state index in [1.54, 1.807) is 29.9 Å². The van der Waals surface area contributed by atoms with Crippen LogP contribution >= 0.6 is 0 Å². The summed E-state index contributed by atoms with van der Waals surface area (Å²) in [5.41, 5.74) is 2.92. The standard InChI is InChI=1S/C18H18F2N4O2/c1-11-15-9-13(10-22-16(15)24(2)23-11)17(25)21-8-7-12-3-5-14(6-4-12)26-18(19)20/h3-6,9-10,18H,7-8H2,1-2H3,(H,21,25). The highest BCUT2D eigenvalue weighted by Crippen LogP contribution is 2.17. The van der Waals surface area contributed by atoms with Crippen molar-refractivity contribution in [3.05, 3.63) is 53.3 Å². The van der Waals surface area contributed by atoms with Crippen molar-refractivity contribution in [2.75, 3.05) is 6.54 Å². The summed E-state index contributed by atoms with van der Waals surface area (Å²) >= 11 is 0. The van der Waals surface area contributed by atoms with E-state index < -0.39 is 6.61 Å². The fourth-order valence-corrected chi connectivity index (χ4v) is 2.69. The van der Waals surface area contributed by atoms with E-state index in [2.05, 4.69) is 20.1 Å². The number of aryl methyl sites for hydroxylation is 2. The Morgan fingerprint density at radius 1 is 1.31 bits per heavy atom. The van der Waals surface area contributed by atoms with Crippen LogP contribution in [0.15, 0.2) is 36.5 Å². The molecule has 0 bridgehead atoms. The topological polar surface area (TPSA) is 69.0 Å². The number of carbonyl (C=O) groups excluding carboxylic acids is 1. The Kier molecular flexibility index (Phi) is 5.11. The number of nitrogens with one attached hydrogen (secondary N) is 1. The highest BCUT2D eigenvalue weighted by molar-refractivity contribution is 5.97. The molecule has 0 fully saturated rings. The number of amides is 1. The normalized spacial score (nSPS) is 11.1. The number of alkyl halides is 2. The molecule has 2 aromatic heterocycles. The second-order valence-electron chi connectivity index (χ2n) is 5.83. The quantitative estimate of drug-likeness (QED) is 0.734. The summed E-state index contributed by atoms with van der Waals surface area (Å²) in [7, 11) is 1.81. The van der Waals surface area contributed by atoms with Gasteiger partial charge in [0.25, 0.3) is 5.91 Å². The van der Waals surface area contributed by atoms with Gasteiger partial charge in [-0.1, -0.05) is 12.1 Å². The summed E-state index contributed by atoms with van der Waals surface area (Å²) in [6, 6.07) is 8.11. The molecule has 0 saturated carbocycles. The molecular weight excluding hydrogens is 342 g/mol. The number of carbonyl (C=O) groups is 1. The third kappa shape index (κ3) is 3.96. The minimum absolute atomic E-state index is 0.110. The van der Waals surface area contributed by atoms with Gasteiger partial charge in [0.2, 0.25) is 0 Å². The number of benzene rings is 1. The first-order valence-corrected chi connectivity index (χ1v) is 8.05. The SMILES string of the molecule is Cc1nn(C)c2ncc(C(=O)NCCc3ccc(OC(F)F)cc3)cc12. The molecule has 0 aliphatic carbocycles. The Labute approximate surface area is 148 Å². The van der Waals surface area contributed by atoms with E-state index in [1.807, 2.05) is 6.92 Å². The summed E-state index contributed by atoms with van der Waals surface area (Å²) < 4.78 is 30.2. The second-order valence-corrected chi connectivity index (χ2v) is 5.83. The molecule has 0 unspecified atom stereocenters. The first kappa shape index (κ1) is 17.8. The number of halogens is 2. The monoisotopic (exact) mass is 360 g/mol. The number of pyridine rings is 1. The first-order valence-electron chi connectivity index (χ1n) is 8.05. The Morgan fingerprint density at radius 3 is 2.73 bits per heavy atom. The zero-order valence-corrected chi connectivity index (χ0v) is 14.4. The maximum absolute atomic E-state index is 12.3. The molecule has 1 aromatic carbocycles. The molecule has 0 atom stereocenters. The molecule has 6 nitrogen and oxygen atoms in total. The smallest absolute Gasteiger partial charge is 0.387 e. The predicted molar refractivity (Wildman–Crippen MR) is 92.4 cm³/mol. The molecule has 136 valence electrons. The maximum Gasteiger partial charge on any atom is 0.387 e. The van der Waals surface area contributed by atoms with E-state index in [4.69, 9.17) is 0 Å². The summed E-state index contributed by atoms with van der Waals surface area (Å²) in [5, 5.41) is 7.95. The van der Waals surface area contributed by atoms with E-state index in [1.165, 1.54) is 18.3 Å². The number of aromatic nitrogens is 3. The average Bonchev–Trinajstić information content (AvgIpc) is 2.89. The van der Waals surface area contributed by atoms with Gasteiger partial charge >= 0.3 is 6.61 Å². The largest absolute Gasteiger partial charge is 0.435 e. The van der Waals surface area contributed by atoms with Crippen LogP contribution in [0.3, 0.4) is 0 Å². The zero-order chi connectivity index (χ0) is 18.7. The van der Waals surface area contributed by atoms with Crippen molar-refractivity contribution < 1.29 is 18.3 Å². The minimum atomic E-state index is -2.84. The minimum Gasteiger partial charge on any atom is -0.435 e. The second kappa shape index (κ2) is 7.47. The Hall–Kier alpha value is -3.03. The van der Waals surface area contributed by atoms with Crippen molar-refractivity contribution in [3.8, 4) is 5.75 Å². The van der Waals surface area contributed by atoms with Crippen LogP contribution in [0.4, 0.5) is 8.78 Å². The van der Waals surface area contributed by atoms with Crippen LogP contribution in [0.1, 0.15) is 21.6 Å². The van der Waals surface area contributed by atoms with E-state index in [0.29, 0.717) is 18.5 Å². The first-order chi connectivity index (χ1) is 12.4. The van der Waals surface area contributed by atoms with Crippen LogP contribution in [0.25, 0.3) is 11.0 Å². The third-order valence-corrected chi connectivity index (χ3v) is 3.97. The molecule has 0 radical (unpaired) electrons. The van der Waals surface area contributed by atoms with Crippen molar-refractivity contribution in [2.24, 2.45) is 7.05 Å². The molecule has 3 aromatic rings. The highest BCUT2D eigenvalue weighted by atomic mass is 19.3. The van der Waals surface area contributed by atoms with E-state index in [0.717, 1.165) is 22.3 Å². The van der Waals surface area contributed by atoms with Gasteiger partial charge in [-0.15, -0.1) is 0 Å². The summed E-state index contributed by atoms with van der Waals surface area (Å²) in [5.74, 6) is -0.112. The molecule has 0 aliphatic rings. The van der Waals surface area contributed by atoms with Gasteiger partial charge in [-0.2, -0.15) is 13.9 Å². The highest BCUT2D eigenvalue weighted by Gasteiger charge is 2.11. The lowest BCUT2D eigenvalue weighted by Crippen LogP contribution is -2.25. The Balaban J connectivity index is 1.58. The number of hydrogen-bond acceptors (Lipinski definition) is 4. The molecule has 3 rings (SSSR count). The van der Waals surface area contributed by atoms with Gasteiger partial charge in [0.1, 0.15) is 5.75 Å². The van der Waals surface area contributed by atoms with Crippen LogP contribution in [-0.4, -0.2) is 33.8 Å². The van der Waals surface area contributed by atoms with Gasteiger partial charge in [-0.25, -0.2) is 4.98 Å². The van der Waals surface area contributed by atoms with E-state index >= 15 is 0 Å². The predicted octanol–water partition coefficient (Wildman–Crippen LogP) is 2.85. The fourth-order valence-electron chi connectivity index (χ4n) is 2.69. The maximum atomic E-state index is 12.3. The molecular formula is C18H18F2N4O2. The van der Waals surface area contributed by atoms with E-state index in [9.17, 15) is 13.6 Å². The molecule has 0 saturated heterocycles. The number of ether oxygens (including phenoxy) is 1. The van der Waals surface area contributed by atoms with Crippen LogP contribution < -0.4 is 10.1 Å². The van der Waals surface area contributed by atoms with Crippen LogP contribution in [-0.2, 0) is 13.5 Å². The lowest BCUT2D eigenvalue weighted by atomic mass is 10.1. The molecule has 0 aliphatic heterocycles. The lowest BCUT2D eigenvalue weighted by Gasteiger charge is -2.07. The van der Waals surface area contributed by atoms with Gasteiger partial charge in [-0.05, 0) is 37.1 Å². The van der Waals surface area contributed by atoms with Gasteiger partial charge in [0.05, 0.1) is 11.3 Å². The molecule has 26 heavy (non-hydrogen) atoms. The molecule has 1 amide bonds. The number of nitrogens with zero attached hydrogens (tertiary/aromatic N) is 3. The van der Waals surface area contributed by atoms with Gasteiger partial charge in [0, 0.05) is 25.2 Å². The van der Waals surface area contributed by atoms with Gasteiger partial charge in [0.15, 0.2) is 5.65 Å². The van der Waals surface area contributed by atoms with Crippen molar-refractivity contribution in [3.63, 3.8) is 0 Å².